The number of halogens is 1. The third-order valence-corrected chi connectivity index (χ3v) is 5.79. The Morgan fingerprint density at radius 2 is 2.00 bits per heavy atom. The van der Waals surface area contributed by atoms with Crippen LogP contribution in [0.2, 0.25) is 0 Å². The van der Waals surface area contributed by atoms with Crippen molar-refractivity contribution in [2.75, 3.05) is 10.5 Å². The molecule has 1 aromatic heterocycles. The maximum Gasteiger partial charge on any atom is 0.263 e. The Hall–Kier alpha value is -1.67. The summed E-state index contributed by atoms with van der Waals surface area (Å²) in [5.74, 6) is -0.686. The van der Waals surface area contributed by atoms with Crippen LogP contribution >= 0.6 is 11.3 Å². The lowest BCUT2D eigenvalue weighted by atomic mass is 10.0. The molecule has 3 rings (SSSR count). The van der Waals surface area contributed by atoms with Gasteiger partial charge >= 0.3 is 0 Å². The molecule has 8 heteroatoms. The first-order valence-electron chi connectivity index (χ1n) is 6.51. The van der Waals surface area contributed by atoms with Crippen molar-refractivity contribution in [2.45, 2.75) is 30.6 Å². The van der Waals surface area contributed by atoms with Gasteiger partial charge in [-0.15, -0.1) is 11.3 Å². The molecule has 0 saturated heterocycles. The Morgan fingerprint density at radius 3 is 2.71 bits per heavy atom. The molecule has 5 nitrogen and oxygen atoms in total. The number of rotatable bonds is 3. The van der Waals surface area contributed by atoms with Gasteiger partial charge in [-0.1, -0.05) is 0 Å². The quantitative estimate of drug-likeness (QED) is 0.848. The van der Waals surface area contributed by atoms with Crippen molar-refractivity contribution < 1.29 is 12.8 Å². The Bertz CT molecular complexity index is 743. The van der Waals surface area contributed by atoms with E-state index in [0.717, 1.165) is 48.4 Å². The number of hydrogen-bond acceptors (Lipinski definition) is 5. The second-order valence-corrected chi connectivity index (χ2v) is 7.69. The number of benzene rings is 1. The largest absolute Gasteiger partial charge is 0.399 e. The third kappa shape index (κ3) is 3.01. The van der Waals surface area contributed by atoms with Crippen LogP contribution in [0.25, 0.3) is 0 Å². The number of thiazole rings is 1. The number of fused-ring (bicyclic) bond motifs is 1. The summed E-state index contributed by atoms with van der Waals surface area (Å²) < 4.78 is 40.2. The monoisotopic (exact) mass is 327 g/mol. The summed E-state index contributed by atoms with van der Waals surface area (Å²) in [4.78, 5) is 5.23. The van der Waals surface area contributed by atoms with E-state index in [-0.39, 0.29) is 10.6 Å². The van der Waals surface area contributed by atoms with E-state index in [1.165, 1.54) is 17.4 Å². The number of nitrogens with zero attached hydrogens (tertiary/aromatic N) is 1. The number of sulfonamides is 1. The molecule has 0 spiro atoms. The normalized spacial score (nSPS) is 14.7. The number of nitrogens with one attached hydrogen (secondary N) is 1. The van der Waals surface area contributed by atoms with Crippen LogP contribution in [-0.2, 0) is 22.9 Å². The molecule has 0 atom stereocenters. The zero-order chi connectivity index (χ0) is 15.0. The maximum atomic E-state index is 13.3. The molecule has 0 amide bonds. The van der Waals surface area contributed by atoms with Crippen LogP contribution in [0, 0.1) is 5.82 Å². The van der Waals surface area contributed by atoms with E-state index in [2.05, 4.69) is 9.71 Å². The fourth-order valence-corrected chi connectivity index (χ4v) is 4.66. The molecule has 2 aromatic rings. The SMILES string of the molecule is Nc1cc(F)cc(S(=O)(=O)Nc2nc3c(s2)CCCC3)c1. The van der Waals surface area contributed by atoms with Crippen molar-refractivity contribution in [3.8, 4) is 0 Å². The lowest BCUT2D eigenvalue weighted by molar-refractivity contribution is 0.595. The standard InChI is InChI=1S/C13H14FN3O2S2/c14-8-5-9(15)7-10(6-8)21(18,19)17-13-16-11-3-1-2-4-12(11)20-13/h5-7H,1-4,15H2,(H,16,17). The summed E-state index contributed by atoms with van der Waals surface area (Å²) in [7, 11) is -3.88. The molecule has 1 aliphatic carbocycles. The van der Waals surface area contributed by atoms with E-state index in [9.17, 15) is 12.8 Å². The van der Waals surface area contributed by atoms with Gasteiger partial charge in [0.05, 0.1) is 10.6 Å². The van der Waals surface area contributed by atoms with E-state index >= 15 is 0 Å². The summed E-state index contributed by atoms with van der Waals surface area (Å²) in [5.41, 5.74) is 6.51. The Balaban J connectivity index is 1.90. The van der Waals surface area contributed by atoms with Crippen molar-refractivity contribution in [3.05, 3.63) is 34.6 Å². The molecule has 1 aromatic carbocycles. The summed E-state index contributed by atoms with van der Waals surface area (Å²) in [6, 6.07) is 3.23. The number of nitrogen functional groups attached to an aromatic ring is 1. The summed E-state index contributed by atoms with van der Waals surface area (Å²) in [5, 5.41) is 0.324. The molecule has 0 radical (unpaired) electrons. The number of anilines is 2. The molecule has 0 unspecified atom stereocenters. The summed E-state index contributed by atoms with van der Waals surface area (Å²) in [6.07, 6.45) is 3.98. The Labute approximate surface area is 126 Å². The predicted octanol–water partition coefficient (Wildman–Crippen LogP) is 2.54. The average Bonchev–Trinajstić information content (AvgIpc) is 2.78. The number of nitrogens with two attached hydrogens (primary N) is 1. The van der Waals surface area contributed by atoms with Crippen LogP contribution in [0.5, 0.6) is 0 Å². The fourth-order valence-electron chi connectivity index (χ4n) is 2.31. The molecule has 1 heterocycles. The van der Waals surface area contributed by atoms with Crippen LogP contribution in [0.4, 0.5) is 15.2 Å². The van der Waals surface area contributed by atoms with Gasteiger partial charge in [-0.05, 0) is 43.9 Å². The molecule has 0 fully saturated rings. The first-order chi connectivity index (χ1) is 9.94. The van der Waals surface area contributed by atoms with Gasteiger partial charge in [0.15, 0.2) is 5.13 Å². The maximum absolute atomic E-state index is 13.3. The van der Waals surface area contributed by atoms with Gasteiger partial charge in [-0.3, -0.25) is 4.72 Å². The molecule has 0 bridgehead atoms. The molecular weight excluding hydrogens is 313 g/mol. The highest BCUT2D eigenvalue weighted by Gasteiger charge is 2.21. The first-order valence-corrected chi connectivity index (χ1v) is 8.81. The highest BCUT2D eigenvalue weighted by atomic mass is 32.2. The van der Waals surface area contributed by atoms with Gasteiger partial charge < -0.3 is 5.73 Å². The third-order valence-electron chi connectivity index (χ3n) is 3.27. The van der Waals surface area contributed by atoms with Gasteiger partial charge in [0.2, 0.25) is 0 Å². The van der Waals surface area contributed by atoms with E-state index in [1.54, 1.807) is 0 Å². The number of hydrogen-bond donors (Lipinski definition) is 2. The summed E-state index contributed by atoms with van der Waals surface area (Å²) >= 11 is 1.34. The van der Waals surface area contributed by atoms with Crippen molar-refractivity contribution >= 4 is 32.2 Å². The van der Waals surface area contributed by atoms with Crippen LogP contribution < -0.4 is 10.5 Å². The zero-order valence-corrected chi connectivity index (χ0v) is 12.7. The molecule has 1 aliphatic rings. The van der Waals surface area contributed by atoms with Crippen molar-refractivity contribution in [1.82, 2.24) is 4.98 Å². The van der Waals surface area contributed by atoms with Gasteiger partial charge in [-0.2, -0.15) is 0 Å². The lowest BCUT2D eigenvalue weighted by Gasteiger charge is -2.06. The minimum atomic E-state index is -3.88. The number of aryl methyl sites for hydroxylation is 2. The number of aromatic nitrogens is 1. The molecule has 3 N–H and O–H groups in total. The molecule has 0 saturated carbocycles. The minimum Gasteiger partial charge on any atom is -0.399 e. The Morgan fingerprint density at radius 1 is 1.24 bits per heavy atom. The van der Waals surface area contributed by atoms with Gasteiger partial charge in [0.1, 0.15) is 5.82 Å². The molecule has 21 heavy (non-hydrogen) atoms. The van der Waals surface area contributed by atoms with E-state index in [0.29, 0.717) is 5.13 Å². The van der Waals surface area contributed by atoms with Crippen LogP contribution in [0.3, 0.4) is 0 Å². The second kappa shape index (κ2) is 5.27. The lowest BCUT2D eigenvalue weighted by Crippen LogP contribution is -2.13. The van der Waals surface area contributed by atoms with Crippen LogP contribution in [-0.4, -0.2) is 13.4 Å². The molecule has 0 aliphatic heterocycles. The highest BCUT2D eigenvalue weighted by Crippen LogP contribution is 2.31. The van der Waals surface area contributed by atoms with E-state index in [4.69, 9.17) is 5.73 Å². The van der Waals surface area contributed by atoms with Gasteiger partial charge in [0.25, 0.3) is 10.0 Å². The van der Waals surface area contributed by atoms with Crippen LogP contribution in [0.1, 0.15) is 23.4 Å². The van der Waals surface area contributed by atoms with Crippen molar-refractivity contribution in [1.29, 1.82) is 0 Å². The van der Waals surface area contributed by atoms with Crippen molar-refractivity contribution in [2.24, 2.45) is 0 Å². The topological polar surface area (TPSA) is 85.1 Å². The van der Waals surface area contributed by atoms with Gasteiger partial charge in [-0.25, -0.2) is 17.8 Å². The van der Waals surface area contributed by atoms with E-state index in [1.807, 2.05) is 0 Å². The zero-order valence-electron chi connectivity index (χ0n) is 11.1. The Kier molecular flexibility index (Phi) is 3.58. The van der Waals surface area contributed by atoms with E-state index < -0.39 is 15.8 Å². The smallest absolute Gasteiger partial charge is 0.263 e. The minimum absolute atomic E-state index is 0.0637. The summed E-state index contributed by atoms with van der Waals surface area (Å²) in [6.45, 7) is 0. The van der Waals surface area contributed by atoms with Gasteiger partial charge in [0, 0.05) is 10.6 Å². The predicted molar refractivity (Wildman–Crippen MR) is 80.4 cm³/mol. The van der Waals surface area contributed by atoms with Crippen LogP contribution in [0.15, 0.2) is 23.1 Å². The highest BCUT2D eigenvalue weighted by molar-refractivity contribution is 7.93. The molecule has 112 valence electrons. The fraction of sp³-hybridized carbons (Fsp3) is 0.308. The first kappa shape index (κ1) is 14.3. The second-order valence-electron chi connectivity index (χ2n) is 4.92. The average molecular weight is 327 g/mol. The molecular formula is C13H14FN3O2S2. The van der Waals surface area contributed by atoms with Crippen molar-refractivity contribution in [3.63, 3.8) is 0 Å².